The van der Waals surface area contributed by atoms with Gasteiger partial charge in [-0.25, -0.2) is 0 Å². The number of hydrogen-bond donors (Lipinski definition) is 1. The lowest BCUT2D eigenvalue weighted by Crippen LogP contribution is -2.58. The summed E-state index contributed by atoms with van der Waals surface area (Å²) in [5.74, 6) is 0. The minimum absolute atomic E-state index is 0.199. The summed E-state index contributed by atoms with van der Waals surface area (Å²) in [6.45, 7) is 15.2. The van der Waals surface area contributed by atoms with Crippen molar-refractivity contribution in [2.75, 3.05) is 6.61 Å². The van der Waals surface area contributed by atoms with Gasteiger partial charge in [-0.2, -0.15) is 0 Å². The minimum Gasteiger partial charge on any atom is -0.397 e. The number of aliphatic hydroxyl groups is 1. The summed E-state index contributed by atoms with van der Waals surface area (Å²) in [5.41, 5.74) is 0. The largest absolute Gasteiger partial charge is 0.397 e. The van der Waals surface area contributed by atoms with Crippen LogP contribution in [0.1, 0.15) is 0 Å². The first-order chi connectivity index (χ1) is 5.19. The summed E-state index contributed by atoms with van der Waals surface area (Å²) in [4.78, 5) is 0. The first-order valence-corrected chi connectivity index (χ1v) is 15.4. The molecule has 0 saturated heterocycles. The molecular weight excluding hydrogens is 196 g/mol. The highest BCUT2D eigenvalue weighted by molar-refractivity contribution is 7.60. The molecule has 0 atom stereocenters. The van der Waals surface area contributed by atoms with E-state index in [1.165, 1.54) is 0 Å². The zero-order valence-electron chi connectivity index (χ0n) is 9.36. The summed E-state index contributed by atoms with van der Waals surface area (Å²) in [7, 11) is -2.08. The van der Waals surface area contributed by atoms with Crippen molar-refractivity contribution in [2.24, 2.45) is 0 Å². The average molecular weight is 220 g/mol. The lowest BCUT2D eigenvalue weighted by atomic mass is 10.9. The second-order valence-corrected chi connectivity index (χ2v) is 30.0. The topological polar surface area (TPSA) is 20.2 Å². The molecule has 1 nitrogen and oxygen atoms in total. The second-order valence-electron chi connectivity index (χ2n) is 5.45. The highest BCUT2D eigenvalue weighted by atomic mass is 29.6. The highest BCUT2D eigenvalue weighted by Gasteiger charge is 2.37. The Morgan fingerprint density at radius 1 is 0.917 bits per heavy atom. The van der Waals surface area contributed by atoms with Crippen LogP contribution in [0.3, 0.4) is 0 Å². The van der Waals surface area contributed by atoms with Crippen molar-refractivity contribution in [3.05, 3.63) is 0 Å². The van der Waals surface area contributed by atoms with Gasteiger partial charge in [-0.3, -0.25) is 0 Å². The Bertz CT molecular complexity index is 120. The normalized spacial score (nSPS) is 14.0. The zero-order valence-corrected chi connectivity index (χ0v) is 12.4. The molecular formula is C8H23OSi3. The Hall–Kier alpha value is 0.611. The summed E-state index contributed by atoms with van der Waals surface area (Å²) >= 11 is 0. The molecule has 4 heteroatoms. The van der Waals surface area contributed by atoms with Crippen LogP contribution >= 0.6 is 0 Å². The molecule has 0 aliphatic carbocycles. The van der Waals surface area contributed by atoms with Gasteiger partial charge in [0.05, 0.1) is 0 Å². The highest BCUT2D eigenvalue weighted by Crippen LogP contribution is 2.20. The van der Waals surface area contributed by atoms with Crippen molar-refractivity contribution in [3.63, 3.8) is 0 Å². The molecule has 0 spiro atoms. The van der Waals surface area contributed by atoms with Gasteiger partial charge in [0, 0.05) is 29.6 Å². The Balaban J connectivity index is 4.45. The third-order valence-corrected chi connectivity index (χ3v) is 32.4. The molecule has 12 heavy (non-hydrogen) atoms. The first kappa shape index (κ1) is 12.6. The molecule has 0 heterocycles. The summed E-state index contributed by atoms with van der Waals surface area (Å²) in [5, 5.41) is 9.03. The Kier molecular flexibility index (Phi) is 4.43. The molecule has 0 aromatic carbocycles. The van der Waals surface area contributed by atoms with Crippen molar-refractivity contribution >= 4 is 23.0 Å². The Morgan fingerprint density at radius 3 is 1.33 bits per heavy atom. The van der Waals surface area contributed by atoms with Crippen molar-refractivity contribution in [1.29, 1.82) is 0 Å². The maximum atomic E-state index is 9.03. The summed E-state index contributed by atoms with van der Waals surface area (Å²) in [6, 6.07) is 1.14. The molecule has 0 fully saturated rings. The predicted molar refractivity (Wildman–Crippen MR) is 64.3 cm³/mol. The molecule has 0 aliphatic heterocycles. The van der Waals surface area contributed by atoms with Crippen molar-refractivity contribution in [1.82, 2.24) is 0 Å². The Morgan fingerprint density at radius 2 is 1.25 bits per heavy atom. The molecule has 0 amide bonds. The average Bonchev–Trinajstić information content (AvgIpc) is 1.77. The molecule has 0 bridgehead atoms. The van der Waals surface area contributed by atoms with Gasteiger partial charge in [-0.15, -0.1) is 0 Å². The maximum absolute atomic E-state index is 9.03. The lowest BCUT2D eigenvalue weighted by molar-refractivity contribution is 0.318. The molecule has 1 N–H and O–H groups in total. The van der Waals surface area contributed by atoms with Gasteiger partial charge in [0.1, 0.15) is 0 Å². The number of hydrogen-bond acceptors (Lipinski definition) is 1. The van der Waals surface area contributed by atoms with E-state index in [1.807, 2.05) is 0 Å². The van der Waals surface area contributed by atoms with E-state index in [0.717, 1.165) is 6.04 Å². The van der Waals surface area contributed by atoms with Crippen LogP contribution in [0.5, 0.6) is 0 Å². The fraction of sp³-hybridized carbons (Fsp3) is 1.00. The molecule has 0 rings (SSSR count). The van der Waals surface area contributed by atoms with Gasteiger partial charge < -0.3 is 5.11 Å². The van der Waals surface area contributed by atoms with E-state index in [4.69, 9.17) is 5.11 Å². The van der Waals surface area contributed by atoms with Crippen LogP contribution in [-0.4, -0.2) is 34.7 Å². The Labute approximate surface area is 80.4 Å². The third kappa shape index (κ3) is 4.02. The SMILES string of the molecule is C[Si](C)(C)[Si](CCO)[Si](C)(C)C. The van der Waals surface area contributed by atoms with E-state index in [0.29, 0.717) is 6.61 Å². The van der Waals surface area contributed by atoms with Gasteiger partial charge in [0.2, 0.25) is 0 Å². The second kappa shape index (κ2) is 4.21. The number of aliphatic hydroxyl groups excluding tert-OH is 1. The van der Waals surface area contributed by atoms with Gasteiger partial charge >= 0.3 is 0 Å². The maximum Gasteiger partial charge on any atom is 0.0401 e. The van der Waals surface area contributed by atoms with E-state index in [-0.39, 0.29) is 7.83 Å². The minimum atomic E-state index is -0.939. The van der Waals surface area contributed by atoms with Crippen molar-refractivity contribution < 1.29 is 5.11 Å². The smallest absolute Gasteiger partial charge is 0.0401 e. The van der Waals surface area contributed by atoms with Crippen LogP contribution in [0.15, 0.2) is 0 Å². The zero-order chi connectivity index (χ0) is 9.99. The molecule has 0 aromatic heterocycles. The van der Waals surface area contributed by atoms with E-state index in [2.05, 4.69) is 39.3 Å². The van der Waals surface area contributed by atoms with Crippen LogP contribution in [0.4, 0.5) is 0 Å². The van der Waals surface area contributed by atoms with E-state index in [9.17, 15) is 0 Å². The summed E-state index contributed by atoms with van der Waals surface area (Å²) < 4.78 is 0. The van der Waals surface area contributed by atoms with Crippen LogP contribution in [-0.2, 0) is 0 Å². The molecule has 0 aliphatic rings. The van der Waals surface area contributed by atoms with Crippen molar-refractivity contribution in [3.8, 4) is 0 Å². The number of rotatable bonds is 4. The van der Waals surface area contributed by atoms with Crippen LogP contribution in [0.2, 0.25) is 45.3 Å². The van der Waals surface area contributed by atoms with Gasteiger partial charge in [0.25, 0.3) is 0 Å². The standard InChI is InChI=1S/C8H23OSi3/c1-11(2,3)10(8-7-9)12(4,5)6/h9H,7-8H2,1-6H3. The fourth-order valence-electron chi connectivity index (χ4n) is 1.99. The molecule has 73 valence electrons. The summed E-state index contributed by atoms with van der Waals surface area (Å²) in [6.07, 6.45) is 0. The van der Waals surface area contributed by atoms with E-state index < -0.39 is 15.2 Å². The molecule has 0 unspecified atom stereocenters. The van der Waals surface area contributed by atoms with Gasteiger partial charge in [-0.1, -0.05) is 39.3 Å². The van der Waals surface area contributed by atoms with Gasteiger partial charge in [-0.05, 0) is 6.04 Å². The van der Waals surface area contributed by atoms with E-state index >= 15 is 0 Å². The molecule has 0 aromatic rings. The monoisotopic (exact) mass is 219 g/mol. The van der Waals surface area contributed by atoms with Gasteiger partial charge in [0.15, 0.2) is 0 Å². The third-order valence-electron chi connectivity index (χ3n) is 2.17. The quantitative estimate of drug-likeness (QED) is 0.720. The van der Waals surface area contributed by atoms with Crippen LogP contribution in [0.25, 0.3) is 0 Å². The molecule has 1 radical (unpaired) electrons. The lowest BCUT2D eigenvalue weighted by Gasteiger charge is -2.36. The van der Waals surface area contributed by atoms with E-state index in [1.54, 1.807) is 0 Å². The van der Waals surface area contributed by atoms with Crippen LogP contribution in [0, 0.1) is 0 Å². The first-order valence-electron chi connectivity index (χ1n) is 4.67. The fourth-order valence-corrected chi connectivity index (χ4v) is 38.1. The predicted octanol–water partition coefficient (Wildman–Crippen LogP) is 2.31. The van der Waals surface area contributed by atoms with Crippen molar-refractivity contribution in [2.45, 2.75) is 45.3 Å². The van der Waals surface area contributed by atoms with Crippen LogP contribution < -0.4 is 0 Å². The molecule has 0 saturated carbocycles.